The third kappa shape index (κ3) is 1.72. The molecule has 0 amide bonds. The molecule has 0 aliphatic carbocycles. The molecule has 1 atom stereocenters. The Morgan fingerprint density at radius 1 is 1.00 bits per heavy atom. The van der Waals surface area contributed by atoms with Gasteiger partial charge in [-0.05, 0) is 13.0 Å². The molecule has 11 heavy (non-hydrogen) atoms. The largest absolute Gasteiger partial charge is 0.315 e. The minimum atomic E-state index is 0.804. The van der Waals surface area contributed by atoms with E-state index in [2.05, 4.69) is 15.5 Å². The molecule has 2 aliphatic heterocycles. The molecule has 2 saturated heterocycles. The van der Waals surface area contributed by atoms with E-state index in [9.17, 15) is 0 Å². The Kier molecular flexibility index (Phi) is 2.41. The van der Waals surface area contributed by atoms with Crippen molar-refractivity contribution in [2.45, 2.75) is 12.5 Å². The Bertz CT molecular complexity index is 113. The zero-order valence-electron chi connectivity index (χ0n) is 6.97. The van der Waals surface area contributed by atoms with Gasteiger partial charge in [0.1, 0.15) is 0 Å². The number of hydrogen-bond donors (Lipinski definition) is 2. The maximum atomic E-state index is 3.44. The molecular weight excluding hydrogens is 138 g/mol. The van der Waals surface area contributed by atoms with Gasteiger partial charge in [0.2, 0.25) is 0 Å². The van der Waals surface area contributed by atoms with Crippen molar-refractivity contribution in [3.05, 3.63) is 0 Å². The van der Waals surface area contributed by atoms with Gasteiger partial charge >= 0.3 is 0 Å². The van der Waals surface area contributed by atoms with Crippen molar-refractivity contribution in [2.24, 2.45) is 0 Å². The van der Waals surface area contributed by atoms with Gasteiger partial charge in [0.25, 0.3) is 0 Å². The van der Waals surface area contributed by atoms with Crippen LogP contribution in [-0.2, 0) is 0 Å². The first-order chi connectivity index (χ1) is 5.47. The summed E-state index contributed by atoms with van der Waals surface area (Å²) in [5.74, 6) is 0. The van der Waals surface area contributed by atoms with Crippen LogP contribution in [0.4, 0.5) is 0 Å². The van der Waals surface area contributed by atoms with Crippen LogP contribution in [0, 0.1) is 0 Å². The number of rotatable bonds is 0. The van der Waals surface area contributed by atoms with Crippen molar-refractivity contribution < 1.29 is 0 Å². The van der Waals surface area contributed by atoms with E-state index in [1.54, 1.807) is 0 Å². The number of fused-ring (bicyclic) bond motifs is 1. The van der Waals surface area contributed by atoms with Crippen LogP contribution in [-0.4, -0.2) is 50.2 Å². The SMILES string of the molecule is C1C[C@H]2CNCCN2CCN1. The fourth-order valence-corrected chi connectivity index (χ4v) is 2.00. The quantitative estimate of drug-likeness (QED) is 0.482. The molecule has 0 bridgehead atoms. The average molecular weight is 155 g/mol. The Balaban J connectivity index is 1.93. The molecule has 0 aromatic heterocycles. The van der Waals surface area contributed by atoms with Gasteiger partial charge in [0, 0.05) is 38.8 Å². The molecule has 2 rings (SSSR count). The lowest BCUT2D eigenvalue weighted by Gasteiger charge is -2.34. The summed E-state index contributed by atoms with van der Waals surface area (Å²) in [6.07, 6.45) is 1.31. The summed E-state index contributed by atoms with van der Waals surface area (Å²) in [7, 11) is 0. The minimum Gasteiger partial charge on any atom is -0.315 e. The van der Waals surface area contributed by atoms with Crippen LogP contribution in [0.2, 0.25) is 0 Å². The smallest absolute Gasteiger partial charge is 0.0233 e. The fourth-order valence-electron chi connectivity index (χ4n) is 2.00. The van der Waals surface area contributed by atoms with Gasteiger partial charge in [0.05, 0.1) is 0 Å². The lowest BCUT2D eigenvalue weighted by atomic mass is 10.1. The molecule has 2 fully saturated rings. The summed E-state index contributed by atoms with van der Waals surface area (Å²) in [6.45, 7) is 7.23. The van der Waals surface area contributed by atoms with Gasteiger partial charge in [-0.1, -0.05) is 0 Å². The van der Waals surface area contributed by atoms with E-state index in [1.165, 1.54) is 45.7 Å². The summed E-state index contributed by atoms with van der Waals surface area (Å²) in [5, 5.41) is 6.88. The van der Waals surface area contributed by atoms with Crippen LogP contribution >= 0.6 is 0 Å². The van der Waals surface area contributed by atoms with Crippen molar-refractivity contribution in [1.82, 2.24) is 15.5 Å². The molecule has 0 aromatic carbocycles. The zero-order chi connectivity index (χ0) is 7.52. The summed E-state index contributed by atoms with van der Waals surface area (Å²) >= 11 is 0. The van der Waals surface area contributed by atoms with Gasteiger partial charge < -0.3 is 10.6 Å². The van der Waals surface area contributed by atoms with Gasteiger partial charge in [-0.15, -0.1) is 0 Å². The monoisotopic (exact) mass is 155 g/mol. The molecule has 0 unspecified atom stereocenters. The van der Waals surface area contributed by atoms with E-state index in [1.807, 2.05) is 0 Å². The van der Waals surface area contributed by atoms with Crippen LogP contribution in [0.15, 0.2) is 0 Å². The Hall–Kier alpha value is -0.120. The molecule has 0 spiro atoms. The summed E-state index contributed by atoms with van der Waals surface area (Å²) in [6, 6.07) is 0.804. The highest BCUT2D eigenvalue weighted by molar-refractivity contribution is 4.82. The predicted molar refractivity (Wildman–Crippen MR) is 45.7 cm³/mol. The van der Waals surface area contributed by atoms with Crippen molar-refractivity contribution in [3.63, 3.8) is 0 Å². The second kappa shape index (κ2) is 3.52. The van der Waals surface area contributed by atoms with Crippen LogP contribution in [0.25, 0.3) is 0 Å². The van der Waals surface area contributed by atoms with Crippen molar-refractivity contribution in [2.75, 3.05) is 39.3 Å². The maximum absolute atomic E-state index is 3.44. The second-order valence-electron chi connectivity index (χ2n) is 3.43. The number of hydrogen-bond acceptors (Lipinski definition) is 3. The first kappa shape index (κ1) is 7.53. The van der Waals surface area contributed by atoms with E-state index >= 15 is 0 Å². The van der Waals surface area contributed by atoms with Gasteiger partial charge in [-0.2, -0.15) is 0 Å². The van der Waals surface area contributed by atoms with E-state index < -0.39 is 0 Å². The number of nitrogens with zero attached hydrogens (tertiary/aromatic N) is 1. The van der Waals surface area contributed by atoms with E-state index in [4.69, 9.17) is 0 Å². The van der Waals surface area contributed by atoms with Crippen LogP contribution in [0.5, 0.6) is 0 Å². The van der Waals surface area contributed by atoms with E-state index in [0.717, 1.165) is 6.04 Å². The second-order valence-corrected chi connectivity index (χ2v) is 3.43. The lowest BCUT2D eigenvalue weighted by molar-refractivity contribution is 0.170. The predicted octanol–water partition coefficient (Wildman–Crippen LogP) is -0.746. The van der Waals surface area contributed by atoms with Crippen LogP contribution < -0.4 is 10.6 Å². The van der Waals surface area contributed by atoms with Crippen molar-refractivity contribution in [3.8, 4) is 0 Å². The first-order valence-corrected chi connectivity index (χ1v) is 4.62. The molecular formula is C8H17N3. The zero-order valence-corrected chi connectivity index (χ0v) is 6.97. The fraction of sp³-hybridized carbons (Fsp3) is 1.00. The Morgan fingerprint density at radius 3 is 2.73 bits per heavy atom. The van der Waals surface area contributed by atoms with Gasteiger partial charge in [0.15, 0.2) is 0 Å². The molecule has 2 N–H and O–H groups in total. The molecule has 2 heterocycles. The Labute approximate surface area is 68.1 Å². The molecule has 2 aliphatic rings. The summed E-state index contributed by atoms with van der Waals surface area (Å²) in [5.41, 5.74) is 0. The van der Waals surface area contributed by atoms with Crippen molar-refractivity contribution in [1.29, 1.82) is 0 Å². The lowest BCUT2D eigenvalue weighted by Crippen LogP contribution is -2.51. The molecule has 3 heteroatoms. The first-order valence-electron chi connectivity index (χ1n) is 4.62. The Morgan fingerprint density at radius 2 is 1.82 bits per heavy atom. The third-order valence-electron chi connectivity index (χ3n) is 2.70. The minimum absolute atomic E-state index is 0.804. The molecule has 0 saturated carbocycles. The van der Waals surface area contributed by atoms with Gasteiger partial charge in [-0.3, -0.25) is 4.90 Å². The van der Waals surface area contributed by atoms with Crippen LogP contribution in [0.1, 0.15) is 6.42 Å². The molecule has 3 nitrogen and oxygen atoms in total. The highest BCUT2D eigenvalue weighted by atomic mass is 15.2. The maximum Gasteiger partial charge on any atom is 0.0233 e. The van der Waals surface area contributed by atoms with E-state index in [0.29, 0.717) is 0 Å². The highest BCUT2D eigenvalue weighted by Crippen LogP contribution is 2.07. The van der Waals surface area contributed by atoms with Crippen molar-refractivity contribution >= 4 is 0 Å². The van der Waals surface area contributed by atoms with Crippen LogP contribution in [0.3, 0.4) is 0 Å². The highest BCUT2D eigenvalue weighted by Gasteiger charge is 2.22. The number of piperazine rings is 1. The van der Waals surface area contributed by atoms with E-state index in [-0.39, 0.29) is 0 Å². The summed E-state index contributed by atoms with van der Waals surface area (Å²) in [4.78, 5) is 2.61. The summed E-state index contributed by atoms with van der Waals surface area (Å²) < 4.78 is 0. The topological polar surface area (TPSA) is 27.3 Å². The van der Waals surface area contributed by atoms with Gasteiger partial charge in [-0.25, -0.2) is 0 Å². The molecule has 0 radical (unpaired) electrons. The number of nitrogens with one attached hydrogen (secondary N) is 2. The average Bonchev–Trinajstić information content (AvgIpc) is 2.28. The third-order valence-corrected chi connectivity index (χ3v) is 2.70. The molecule has 0 aromatic rings. The normalized spacial score (nSPS) is 34.4. The standard InChI is InChI=1S/C8H17N3/c1-2-9-3-5-11-6-4-10-7-8(1)11/h8-10H,1-7H2/t8-/m0/s1. The molecule has 64 valence electrons.